The summed E-state index contributed by atoms with van der Waals surface area (Å²) in [5.41, 5.74) is 6.64. The minimum absolute atomic E-state index is 0.575. The molecule has 0 heterocycles. The molecule has 0 aliphatic heterocycles. The molecule has 0 spiro atoms. The van der Waals surface area contributed by atoms with Gasteiger partial charge in [-0.1, -0.05) is 6.08 Å². The van der Waals surface area contributed by atoms with Crippen LogP contribution < -0.4 is 11.1 Å². The fourth-order valence-electron chi connectivity index (χ4n) is 1.13. The fourth-order valence-corrected chi connectivity index (χ4v) is 1.13. The first-order valence-corrected chi connectivity index (χ1v) is 3.56. The highest BCUT2D eigenvalue weighted by molar-refractivity contribution is 5.01. The molecular formula is C7H14N2. The zero-order valence-electron chi connectivity index (χ0n) is 5.69. The van der Waals surface area contributed by atoms with E-state index in [1.54, 1.807) is 0 Å². The minimum atomic E-state index is 0.575. The Morgan fingerprint density at radius 2 is 2.44 bits per heavy atom. The highest BCUT2D eigenvalue weighted by atomic mass is 15.0. The summed E-state index contributed by atoms with van der Waals surface area (Å²) in [6, 6.07) is 0. The zero-order chi connectivity index (χ0) is 6.53. The van der Waals surface area contributed by atoms with Crippen molar-refractivity contribution in [3.05, 3.63) is 11.8 Å². The van der Waals surface area contributed by atoms with Crippen LogP contribution in [0.15, 0.2) is 11.8 Å². The van der Waals surface area contributed by atoms with Crippen molar-refractivity contribution < 1.29 is 0 Å². The van der Waals surface area contributed by atoms with Gasteiger partial charge in [0.25, 0.3) is 0 Å². The predicted octanol–water partition coefficient (Wildman–Crippen LogP) is 0.950. The van der Waals surface area contributed by atoms with Gasteiger partial charge in [-0.2, -0.15) is 0 Å². The molecule has 9 heavy (non-hydrogen) atoms. The molecule has 0 amide bonds. The number of nitrogens with one attached hydrogen (secondary N) is 1. The van der Waals surface area contributed by atoms with E-state index in [1.807, 2.05) is 0 Å². The molecule has 3 N–H and O–H groups in total. The van der Waals surface area contributed by atoms with E-state index in [0.29, 0.717) is 6.67 Å². The third-order valence-corrected chi connectivity index (χ3v) is 1.62. The molecule has 1 rings (SSSR count). The van der Waals surface area contributed by atoms with Gasteiger partial charge in [0.2, 0.25) is 0 Å². The molecule has 2 nitrogen and oxygen atoms in total. The van der Waals surface area contributed by atoms with Crippen LogP contribution in [-0.2, 0) is 0 Å². The Labute approximate surface area is 56.1 Å². The normalized spacial score (nSPS) is 19.0. The van der Waals surface area contributed by atoms with Crippen molar-refractivity contribution in [2.45, 2.75) is 25.7 Å². The summed E-state index contributed by atoms with van der Waals surface area (Å²) in [6.07, 6.45) is 7.32. The second-order valence-electron chi connectivity index (χ2n) is 2.36. The molecule has 0 aromatic rings. The van der Waals surface area contributed by atoms with E-state index in [9.17, 15) is 0 Å². The summed E-state index contributed by atoms with van der Waals surface area (Å²) in [5, 5.41) is 3.12. The number of nitrogens with two attached hydrogens (primary N) is 1. The number of allylic oxidation sites excluding steroid dienone is 2. The van der Waals surface area contributed by atoms with Gasteiger partial charge < -0.3 is 11.1 Å². The van der Waals surface area contributed by atoms with Crippen LogP contribution in [0.4, 0.5) is 0 Å². The summed E-state index contributed by atoms with van der Waals surface area (Å²) in [4.78, 5) is 0. The van der Waals surface area contributed by atoms with Gasteiger partial charge in [0.15, 0.2) is 0 Å². The van der Waals surface area contributed by atoms with Gasteiger partial charge in [-0.3, -0.25) is 0 Å². The highest BCUT2D eigenvalue weighted by Gasteiger charge is 1.99. The van der Waals surface area contributed by atoms with Crippen molar-refractivity contribution in [1.82, 2.24) is 5.32 Å². The van der Waals surface area contributed by atoms with Gasteiger partial charge in [-0.25, -0.2) is 0 Å². The summed E-state index contributed by atoms with van der Waals surface area (Å²) in [5.74, 6) is 0. The van der Waals surface area contributed by atoms with Gasteiger partial charge in [-0.15, -0.1) is 0 Å². The molecule has 0 radical (unpaired) electrons. The van der Waals surface area contributed by atoms with E-state index < -0.39 is 0 Å². The molecule has 0 fully saturated rings. The van der Waals surface area contributed by atoms with Crippen LogP contribution in [0.5, 0.6) is 0 Å². The molecule has 0 aromatic heterocycles. The van der Waals surface area contributed by atoms with Crippen LogP contribution in [0, 0.1) is 0 Å². The van der Waals surface area contributed by atoms with E-state index in [-0.39, 0.29) is 0 Å². The second-order valence-corrected chi connectivity index (χ2v) is 2.36. The van der Waals surface area contributed by atoms with E-state index in [4.69, 9.17) is 5.73 Å². The van der Waals surface area contributed by atoms with Crippen LogP contribution in [0.3, 0.4) is 0 Å². The Morgan fingerprint density at radius 3 is 3.00 bits per heavy atom. The average Bonchev–Trinajstić information content (AvgIpc) is 1.91. The maximum Gasteiger partial charge on any atom is 0.0624 e. The maximum atomic E-state index is 5.31. The Hall–Kier alpha value is -0.500. The first-order chi connectivity index (χ1) is 4.43. The van der Waals surface area contributed by atoms with Crippen molar-refractivity contribution in [2.75, 3.05) is 6.67 Å². The van der Waals surface area contributed by atoms with E-state index >= 15 is 0 Å². The topological polar surface area (TPSA) is 38.0 Å². The van der Waals surface area contributed by atoms with Gasteiger partial charge in [-0.05, 0) is 25.7 Å². The summed E-state index contributed by atoms with van der Waals surface area (Å²) in [6.45, 7) is 0.575. The van der Waals surface area contributed by atoms with Gasteiger partial charge >= 0.3 is 0 Å². The summed E-state index contributed by atoms with van der Waals surface area (Å²) in [7, 11) is 0. The van der Waals surface area contributed by atoms with Crippen molar-refractivity contribution in [1.29, 1.82) is 0 Å². The first-order valence-electron chi connectivity index (χ1n) is 3.56. The quantitative estimate of drug-likeness (QED) is 0.541. The average molecular weight is 126 g/mol. The lowest BCUT2D eigenvalue weighted by Gasteiger charge is -2.12. The molecule has 0 atom stereocenters. The lowest BCUT2D eigenvalue weighted by Crippen LogP contribution is -2.22. The highest BCUT2D eigenvalue weighted by Crippen LogP contribution is 2.13. The predicted molar refractivity (Wildman–Crippen MR) is 38.7 cm³/mol. The molecule has 0 saturated carbocycles. The van der Waals surface area contributed by atoms with Gasteiger partial charge in [0.05, 0.1) is 6.67 Å². The number of rotatable bonds is 2. The molecule has 1 aliphatic rings. The van der Waals surface area contributed by atoms with Crippen LogP contribution in [0.2, 0.25) is 0 Å². The van der Waals surface area contributed by atoms with Crippen LogP contribution in [-0.4, -0.2) is 6.67 Å². The fraction of sp³-hybridized carbons (Fsp3) is 0.714. The van der Waals surface area contributed by atoms with Crippen molar-refractivity contribution in [2.24, 2.45) is 5.73 Å². The first kappa shape index (κ1) is 6.62. The molecule has 0 bridgehead atoms. The largest absolute Gasteiger partial charge is 0.376 e. The number of hydrogen-bond donors (Lipinski definition) is 2. The Morgan fingerprint density at radius 1 is 1.56 bits per heavy atom. The van der Waals surface area contributed by atoms with E-state index in [2.05, 4.69) is 11.4 Å². The van der Waals surface area contributed by atoms with E-state index in [0.717, 1.165) is 0 Å². The minimum Gasteiger partial charge on any atom is -0.376 e. The molecule has 2 heteroatoms. The van der Waals surface area contributed by atoms with Crippen LogP contribution >= 0.6 is 0 Å². The number of hydrogen-bond acceptors (Lipinski definition) is 2. The van der Waals surface area contributed by atoms with Crippen LogP contribution in [0.1, 0.15) is 25.7 Å². The zero-order valence-corrected chi connectivity index (χ0v) is 5.69. The molecule has 1 aliphatic carbocycles. The summed E-state index contributed by atoms with van der Waals surface area (Å²) < 4.78 is 0. The SMILES string of the molecule is NCNC1=CCCCC1. The lowest BCUT2D eigenvalue weighted by atomic mass is 10.1. The Balaban J connectivity index is 2.28. The molecule has 0 saturated heterocycles. The monoisotopic (exact) mass is 126 g/mol. The van der Waals surface area contributed by atoms with Gasteiger partial charge in [0.1, 0.15) is 0 Å². The summed E-state index contributed by atoms with van der Waals surface area (Å²) >= 11 is 0. The smallest absolute Gasteiger partial charge is 0.0624 e. The Kier molecular flexibility index (Phi) is 2.58. The molecular weight excluding hydrogens is 112 g/mol. The second kappa shape index (κ2) is 3.51. The van der Waals surface area contributed by atoms with E-state index in [1.165, 1.54) is 31.4 Å². The van der Waals surface area contributed by atoms with Crippen molar-refractivity contribution >= 4 is 0 Å². The third kappa shape index (κ3) is 2.06. The van der Waals surface area contributed by atoms with Gasteiger partial charge in [0, 0.05) is 5.70 Å². The maximum absolute atomic E-state index is 5.31. The van der Waals surface area contributed by atoms with Crippen molar-refractivity contribution in [3.8, 4) is 0 Å². The lowest BCUT2D eigenvalue weighted by molar-refractivity contribution is 0.644. The Bertz CT molecular complexity index is 107. The standard InChI is InChI=1S/C7H14N2/c8-6-9-7-4-2-1-3-5-7/h4,9H,1-3,5-6,8H2. The van der Waals surface area contributed by atoms with Crippen molar-refractivity contribution in [3.63, 3.8) is 0 Å². The third-order valence-electron chi connectivity index (χ3n) is 1.62. The molecule has 0 aromatic carbocycles. The molecule has 52 valence electrons. The van der Waals surface area contributed by atoms with Crippen LogP contribution in [0.25, 0.3) is 0 Å². The molecule has 0 unspecified atom stereocenters.